The lowest BCUT2D eigenvalue weighted by molar-refractivity contribution is 0.0927. The average Bonchev–Trinajstić information content (AvgIpc) is 3.24. The molecule has 5 heteroatoms. The van der Waals surface area contributed by atoms with Crippen LogP contribution >= 0.6 is 0 Å². The van der Waals surface area contributed by atoms with Crippen molar-refractivity contribution in [2.24, 2.45) is 5.92 Å². The Hall–Kier alpha value is -2.30. The van der Waals surface area contributed by atoms with Crippen molar-refractivity contribution in [2.75, 3.05) is 5.73 Å². The number of aromatic amines is 1. The largest absolute Gasteiger partial charge is 0.395 e. The molecule has 5 nitrogen and oxygen atoms in total. The molecule has 1 fully saturated rings. The summed E-state index contributed by atoms with van der Waals surface area (Å²) < 4.78 is 0. The first-order chi connectivity index (χ1) is 9.66. The number of nitrogen functional groups attached to an aromatic ring is 1. The van der Waals surface area contributed by atoms with Gasteiger partial charge in [0, 0.05) is 0 Å². The van der Waals surface area contributed by atoms with E-state index in [1.54, 1.807) is 6.92 Å². The van der Waals surface area contributed by atoms with Gasteiger partial charge in [-0.2, -0.15) is 5.10 Å². The van der Waals surface area contributed by atoms with Crippen molar-refractivity contribution in [2.45, 2.75) is 25.8 Å². The van der Waals surface area contributed by atoms with Crippen LogP contribution in [0.3, 0.4) is 0 Å². The van der Waals surface area contributed by atoms with E-state index >= 15 is 0 Å². The molecule has 1 heterocycles. The summed E-state index contributed by atoms with van der Waals surface area (Å²) in [6, 6.07) is 10.1. The highest BCUT2D eigenvalue weighted by atomic mass is 16.2. The number of nitrogens with zero attached hydrogens (tertiary/aromatic N) is 1. The molecule has 1 amide bonds. The zero-order valence-corrected chi connectivity index (χ0v) is 11.4. The van der Waals surface area contributed by atoms with Crippen LogP contribution in [0.1, 0.15) is 40.6 Å². The molecule has 20 heavy (non-hydrogen) atoms. The summed E-state index contributed by atoms with van der Waals surface area (Å²) in [5.74, 6) is 0.301. The van der Waals surface area contributed by atoms with E-state index < -0.39 is 0 Å². The van der Waals surface area contributed by atoms with Gasteiger partial charge in [-0.25, -0.2) is 0 Å². The van der Waals surface area contributed by atoms with E-state index in [9.17, 15) is 4.79 Å². The van der Waals surface area contributed by atoms with Gasteiger partial charge in [0.2, 0.25) is 0 Å². The van der Waals surface area contributed by atoms with Crippen LogP contribution < -0.4 is 11.1 Å². The van der Waals surface area contributed by atoms with Gasteiger partial charge in [0.25, 0.3) is 5.91 Å². The maximum absolute atomic E-state index is 12.3. The molecule has 0 radical (unpaired) electrons. The number of nitrogens with one attached hydrogen (secondary N) is 2. The van der Waals surface area contributed by atoms with Crippen molar-refractivity contribution in [3.63, 3.8) is 0 Å². The fourth-order valence-electron chi connectivity index (χ4n) is 2.38. The highest BCUT2D eigenvalue weighted by Gasteiger charge is 2.34. The second-order valence-corrected chi connectivity index (χ2v) is 5.31. The normalized spacial score (nSPS) is 15.8. The fraction of sp³-hybridized carbons (Fsp3) is 0.333. The smallest absolute Gasteiger partial charge is 0.274 e. The van der Waals surface area contributed by atoms with Gasteiger partial charge in [-0.1, -0.05) is 30.3 Å². The Bertz CT molecular complexity index is 616. The Balaban J connectivity index is 1.81. The number of carbonyl (C=O) groups is 1. The van der Waals surface area contributed by atoms with Crippen LogP contribution in [0.2, 0.25) is 0 Å². The number of aryl methyl sites for hydroxylation is 1. The molecular formula is C15H18N4O. The van der Waals surface area contributed by atoms with Crippen LogP contribution in [-0.2, 0) is 0 Å². The summed E-state index contributed by atoms with van der Waals surface area (Å²) in [7, 11) is 0. The quantitative estimate of drug-likeness (QED) is 0.796. The van der Waals surface area contributed by atoms with E-state index in [2.05, 4.69) is 15.5 Å². The van der Waals surface area contributed by atoms with Crippen molar-refractivity contribution in [1.29, 1.82) is 0 Å². The van der Waals surface area contributed by atoms with E-state index in [0.29, 0.717) is 11.6 Å². The minimum absolute atomic E-state index is 0.0418. The molecule has 4 N–H and O–H groups in total. The van der Waals surface area contributed by atoms with Gasteiger partial charge in [-0.05, 0) is 31.2 Å². The van der Waals surface area contributed by atoms with Crippen molar-refractivity contribution in [1.82, 2.24) is 15.5 Å². The monoisotopic (exact) mass is 270 g/mol. The van der Waals surface area contributed by atoms with E-state index in [1.165, 1.54) is 0 Å². The third-order valence-corrected chi connectivity index (χ3v) is 3.75. The maximum Gasteiger partial charge on any atom is 0.274 e. The molecular weight excluding hydrogens is 252 g/mol. The number of hydrogen-bond acceptors (Lipinski definition) is 3. The second kappa shape index (κ2) is 5.00. The molecule has 0 aliphatic heterocycles. The lowest BCUT2D eigenvalue weighted by Gasteiger charge is -2.18. The number of anilines is 1. The van der Waals surface area contributed by atoms with Gasteiger partial charge >= 0.3 is 0 Å². The summed E-state index contributed by atoms with van der Waals surface area (Å²) >= 11 is 0. The number of rotatable bonds is 4. The molecule has 1 saturated carbocycles. The maximum atomic E-state index is 12.3. The standard InChI is InChI=1S/C15H18N4O/c1-9-12(16)14(19-18-9)15(20)17-13(11-7-8-11)10-5-3-2-4-6-10/h2-6,11,13H,7-8,16H2,1H3,(H,17,20)(H,18,19). The molecule has 104 valence electrons. The zero-order chi connectivity index (χ0) is 14.1. The summed E-state index contributed by atoms with van der Waals surface area (Å²) in [5.41, 5.74) is 8.41. The SMILES string of the molecule is Cc1[nH]nc(C(=O)NC(c2ccccc2)C2CC2)c1N. The molecule has 1 unspecified atom stereocenters. The van der Waals surface area contributed by atoms with Crippen LogP contribution in [0.25, 0.3) is 0 Å². The van der Waals surface area contributed by atoms with Gasteiger partial charge in [0.15, 0.2) is 5.69 Å². The third kappa shape index (κ3) is 2.39. The van der Waals surface area contributed by atoms with Crippen LogP contribution in [0, 0.1) is 12.8 Å². The van der Waals surface area contributed by atoms with E-state index in [1.807, 2.05) is 30.3 Å². The van der Waals surface area contributed by atoms with Gasteiger partial charge in [-0.15, -0.1) is 0 Å². The highest BCUT2D eigenvalue weighted by molar-refractivity contribution is 5.97. The Morgan fingerprint density at radius 1 is 1.40 bits per heavy atom. The minimum Gasteiger partial charge on any atom is -0.395 e. The molecule has 1 aromatic carbocycles. The lowest BCUT2D eigenvalue weighted by atomic mass is 10.0. The van der Waals surface area contributed by atoms with Gasteiger partial charge in [-0.3, -0.25) is 9.89 Å². The predicted octanol–water partition coefficient (Wildman–Crippen LogP) is 2.18. The van der Waals surface area contributed by atoms with Crippen molar-refractivity contribution >= 4 is 11.6 Å². The van der Waals surface area contributed by atoms with Crippen LogP contribution in [0.4, 0.5) is 5.69 Å². The van der Waals surface area contributed by atoms with Crippen molar-refractivity contribution in [3.8, 4) is 0 Å². The molecule has 1 aromatic heterocycles. The second-order valence-electron chi connectivity index (χ2n) is 5.31. The van der Waals surface area contributed by atoms with Crippen molar-refractivity contribution in [3.05, 3.63) is 47.3 Å². The van der Waals surface area contributed by atoms with Crippen LogP contribution in [-0.4, -0.2) is 16.1 Å². The average molecular weight is 270 g/mol. The molecule has 1 aliphatic rings. The number of H-pyrrole nitrogens is 1. The Morgan fingerprint density at radius 3 is 2.65 bits per heavy atom. The minimum atomic E-state index is -0.215. The zero-order valence-electron chi connectivity index (χ0n) is 11.4. The third-order valence-electron chi connectivity index (χ3n) is 3.75. The number of hydrogen-bond donors (Lipinski definition) is 3. The molecule has 1 aliphatic carbocycles. The first-order valence-electron chi connectivity index (χ1n) is 6.83. The number of nitrogens with two attached hydrogens (primary N) is 1. The lowest BCUT2D eigenvalue weighted by Crippen LogP contribution is -2.30. The summed E-state index contributed by atoms with van der Waals surface area (Å²) in [6.07, 6.45) is 2.30. The molecule has 0 bridgehead atoms. The summed E-state index contributed by atoms with van der Waals surface area (Å²) in [4.78, 5) is 12.3. The summed E-state index contributed by atoms with van der Waals surface area (Å²) in [6.45, 7) is 1.80. The first kappa shape index (κ1) is 12.7. The molecule has 0 saturated heterocycles. The predicted molar refractivity (Wildman–Crippen MR) is 77.1 cm³/mol. The molecule has 3 rings (SSSR count). The van der Waals surface area contributed by atoms with E-state index in [-0.39, 0.29) is 17.6 Å². The van der Waals surface area contributed by atoms with Crippen LogP contribution in [0.5, 0.6) is 0 Å². The Kier molecular flexibility index (Phi) is 3.18. The number of benzene rings is 1. The Morgan fingerprint density at radius 2 is 2.10 bits per heavy atom. The van der Waals surface area contributed by atoms with Crippen LogP contribution in [0.15, 0.2) is 30.3 Å². The first-order valence-corrected chi connectivity index (χ1v) is 6.83. The highest BCUT2D eigenvalue weighted by Crippen LogP contribution is 2.41. The molecule has 2 aromatic rings. The topological polar surface area (TPSA) is 83.8 Å². The molecule has 0 spiro atoms. The van der Waals surface area contributed by atoms with E-state index in [4.69, 9.17) is 5.73 Å². The summed E-state index contributed by atoms with van der Waals surface area (Å²) in [5, 5.41) is 9.78. The van der Waals surface area contributed by atoms with Gasteiger partial charge in [0.05, 0.1) is 17.4 Å². The molecule has 1 atom stereocenters. The number of amides is 1. The van der Waals surface area contributed by atoms with Gasteiger partial charge < -0.3 is 11.1 Å². The van der Waals surface area contributed by atoms with Gasteiger partial charge in [0.1, 0.15) is 0 Å². The van der Waals surface area contributed by atoms with Crippen molar-refractivity contribution < 1.29 is 4.79 Å². The Labute approximate surface area is 117 Å². The fourth-order valence-corrected chi connectivity index (χ4v) is 2.38. The number of carbonyl (C=O) groups excluding carboxylic acids is 1. The van der Waals surface area contributed by atoms with E-state index in [0.717, 1.165) is 24.1 Å². The number of aromatic nitrogens is 2.